The monoisotopic (exact) mass is 230 g/mol. The summed E-state index contributed by atoms with van der Waals surface area (Å²) in [6.45, 7) is 3.65. The zero-order valence-corrected chi connectivity index (χ0v) is 8.95. The molecule has 5 heteroatoms. The van der Waals surface area contributed by atoms with Crippen LogP contribution in [0, 0.1) is 0 Å². The Hall–Kier alpha value is 0.0800. The molecule has 0 rings (SSSR count). The zero-order chi connectivity index (χ0) is 9.78. The molecular weight excluding hydrogens is 222 g/mol. The van der Waals surface area contributed by atoms with Crippen LogP contribution >= 0.6 is 34.8 Å². The van der Waals surface area contributed by atoms with Gasteiger partial charge in [-0.15, -0.1) is 0 Å². The predicted octanol–water partition coefficient (Wildman–Crippen LogP) is 2.86. The molecule has 0 heterocycles. The van der Waals surface area contributed by atoms with Crippen LogP contribution in [0.1, 0.15) is 13.8 Å². The van der Waals surface area contributed by atoms with E-state index in [9.17, 15) is 4.79 Å². The van der Waals surface area contributed by atoms with E-state index in [2.05, 4.69) is 0 Å². The molecule has 12 heavy (non-hydrogen) atoms. The highest BCUT2D eigenvalue weighted by Crippen LogP contribution is 2.27. The van der Waals surface area contributed by atoms with E-state index in [0.29, 0.717) is 0 Å². The molecule has 0 amide bonds. The highest BCUT2D eigenvalue weighted by molar-refractivity contribution is 6.77. The first-order chi connectivity index (χ1) is 5.34. The molecule has 0 fully saturated rings. The van der Waals surface area contributed by atoms with Crippen molar-refractivity contribution in [3.05, 3.63) is 12.3 Å². The Morgan fingerprint density at radius 3 is 2.25 bits per heavy atom. The number of allylic oxidation sites excluding steroid dienone is 1. The largest absolute Gasteiger partial charge is 0.498 e. The highest BCUT2D eigenvalue weighted by atomic mass is 35.6. The summed E-state index contributed by atoms with van der Waals surface area (Å²) < 4.78 is 3.04. The van der Waals surface area contributed by atoms with E-state index in [1.165, 1.54) is 6.26 Å². The third-order valence-electron chi connectivity index (χ3n) is 0.850. The third kappa shape index (κ3) is 5.70. The number of hydrogen-bond acceptors (Lipinski definition) is 2. The Morgan fingerprint density at radius 2 is 1.92 bits per heavy atom. The Kier molecular flexibility index (Phi) is 4.98. The molecule has 0 aromatic carbocycles. The average Bonchev–Trinajstić information content (AvgIpc) is 1.84. The van der Waals surface area contributed by atoms with Gasteiger partial charge in [-0.1, -0.05) is 34.8 Å². The summed E-state index contributed by atoms with van der Waals surface area (Å²) in [7, 11) is 0. The number of ketones is 1. The topological polar surface area (TPSA) is 26.3 Å². The van der Waals surface area contributed by atoms with Crippen molar-refractivity contribution in [2.24, 2.45) is 0 Å². The van der Waals surface area contributed by atoms with Crippen LogP contribution in [0.2, 0.25) is 0 Å². The van der Waals surface area contributed by atoms with Crippen molar-refractivity contribution < 1.29 is 9.53 Å². The number of halogens is 3. The Bertz CT molecular complexity index is 182. The summed E-state index contributed by atoms with van der Waals surface area (Å²) in [5, 5.41) is 0. The molecule has 0 aromatic heterocycles. The summed E-state index contributed by atoms with van der Waals surface area (Å²) in [5.41, 5.74) is 0. The van der Waals surface area contributed by atoms with Crippen LogP contribution in [0.4, 0.5) is 0 Å². The Labute approximate surface area is 86.4 Å². The van der Waals surface area contributed by atoms with Crippen LogP contribution in [0.3, 0.4) is 0 Å². The lowest BCUT2D eigenvalue weighted by molar-refractivity contribution is -0.113. The van der Waals surface area contributed by atoms with Gasteiger partial charge in [0.2, 0.25) is 5.78 Å². The SMILES string of the molecule is CC(C)O/C=C/C(=O)C(Cl)(Cl)Cl. The maximum atomic E-state index is 10.9. The molecule has 0 bridgehead atoms. The standard InChI is InChI=1S/C7H9Cl3O2/c1-5(2)12-4-3-6(11)7(8,9)10/h3-5H,1-2H3/b4-3+. The predicted molar refractivity (Wildman–Crippen MR) is 50.7 cm³/mol. The number of rotatable bonds is 3. The first-order valence-corrected chi connectivity index (χ1v) is 4.40. The molecule has 2 nitrogen and oxygen atoms in total. The fourth-order valence-electron chi connectivity index (χ4n) is 0.353. The van der Waals surface area contributed by atoms with Gasteiger partial charge in [0.15, 0.2) is 0 Å². The fourth-order valence-corrected chi connectivity index (χ4v) is 0.542. The lowest BCUT2D eigenvalue weighted by atomic mass is 10.4. The second-order valence-corrected chi connectivity index (χ2v) is 4.63. The number of hydrogen-bond donors (Lipinski definition) is 0. The van der Waals surface area contributed by atoms with Crippen LogP contribution in [-0.2, 0) is 9.53 Å². The van der Waals surface area contributed by atoms with Gasteiger partial charge in [0, 0.05) is 6.08 Å². The van der Waals surface area contributed by atoms with Crippen LogP contribution in [-0.4, -0.2) is 15.7 Å². The van der Waals surface area contributed by atoms with Crippen LogP contribution in [0.15, 0.2) is 12.3 Å². The third-order valence-corrected chi connectivity index (χ3v) is 1.41. The second-order valence-electron chi connectivity index (χ2n) is 2.35. The van der Waals surface area contributed by atoms with Gasteiger partial charge in [0.25, 0.3) is 3.79 Å². The molecule has 0 aliphatic carbocycles. The minimum atomic E-state index is -1.89. The van der Waals surface area contributed by atoms with Crippen LogP contribution in [0.5, 0.6) is 0 Å². The first kappa shape index (κ1) is 12.1. The van der Waals surface area contributed by atoms with E-state index in [4.69, 9.17) is 39.5 Å². The van der Waals surface area contributed by atoms with E-state index >= 15 is 0 Å². The lowest BCUT2D eigenvalue weighted by Gasteiger charge is -2.06. The van der Waals surface area contributed by atoms with E-state index in [-0.39, 0.29) is 6.10 Å². The van der Waals surface area contributed by atoms with Crippen molar-refractivity contribution in [1.82, 2.24) is 0 Å². The van der Waals surface area contributed by atoms with Gasteiger partial charge in [0.1, 0.15) is 0 Å². The fraction of sp³-hybridized carbons (Fsp3) is 0.571. The maximum absolute atomic E-state index is 10.9. The van der Waals surface area contributed by atoms with Crippen LogP contribution in [0.25, 0.3) is 0 Å². The van der Waals surface area contributed by atoms with Crippen molar-refractivity contribution in [2.45, 2.75) is 23.7 Å². The Morgan fingerprint density at radius 1 is 1.42 bits per heavy atom. The van der Waals surface area contributed by atoms with Crippen molar-refractivity contribution in [1.29, 1.82) is 0 Å². The molecule has 0 aliphatic rings. The van der Waals surface area contributed by atoms with E-state index in [1.54, 1.807) is 0 Å². The normalized spacial score (nSPS) is 12.5. The summed E-state index contributed by atoms with van der Waals surface area (Å²) in [6.07, 6.45) is 2.31. The van der Waals surface area contributed by atoms with Gasteiger partial charge >= 0.3 is 0 Å². The number of alkyl halides is 3. The minimum absolute atomic E-state index is 0.00410. The summed E-state index contributed by atoms with van der Waals surface area (Å²) in [4.78, 5) is 10.9. The number of carbonyl (C=O) groups is 1. The van der Waals surface area contributed by atoms with Gasteiger partial charge in [0.05, 0.1) is 12.4 Å². The van der Waals surface area contributed by atoms with Gasteiger partial charge in [-0.25, -0.2) is 0 Å². The molecule has 0 saturated heterocycles. The van der Waals surface area contributed by atoms with E-state index in [0.717, 1.165) is 6.08 Å². The summed E-state index contributed by atoms with van der Waals surface area (Å²) in [6, 6.07) is 0. The first-order valence-electron chi connectivity index (χ1n) is 3.27. The molecule has 0 spiro atoms. The molecule has 0 radical (unpaired) electrons. The molecule has 0 aliphatic heterocycles. The van der Waals surface area contributed by atoms with Crippen molar-refractivity contribution in [3.63, 3.8) is 0 Å². The average molecular weight is 232 g/mol. The molecule has 0 unspecified atom stereocenters. The summed E-state index contributed by atoms with van der Waals surface area (Å²) >= 11 is 15.8. The summed E-state index contributed by atoms with van der Waals surface area (Å²) in [5.74, 6) is -0.617. The molecular formula is C7H9Cl3O2. The van der Waals surface area contributed by atoms with Crippen molar-refractivity contribution in [3.8, 4) is 0 Å². The quantitative estimate of drug-likeness (QED) is 0.424. The van der Waals surface area contributed by atoms with Crippen molar-refractivity contribution in [2.75, 3.05) is 0 Å². The van der Waals surface area contributed by atoms with Gasteiger partial charge in [-0.2, -0.15) is 0 Å². The maximum Gasteiger partial charge on any atom is 0.252 e. The van der Waals surface area contributed by atoms with Gasteiger partial charge in [-0.05, 0) is 13.8 Å². The minimum Gasteiger partial charge on any atom is -0.498 e. The van der Waals surface area contributed by atoms with Crippen molar-refractivity contribution >= 4 is 40.6 Å². The molecule has 0 saturated carbocycles. The smallest absolute Gasteiger partial charge is 0.252 e. The molecule has 70 valence electrons. The Balaban J connectivity index is 3.93. The van der Waals surface area contributed by atoms with E-state index in [1.807, 2.05) is 13.8 Å². The van der Waals surface area contributed by atoms with E-state index < -0.39 is 9.58 Å². The molecule has 0 N–H and O–H groups in total. The van der Waals surface area contributed by atoms with Gasteiger partial charge < -0.3 is 4.74 Å². The highest BCUT2D eigenvalue weighted by Gasteiger charge is 2.27. The second kappa shape index (κ2) is 4.95. The van der Waals surface area contributed by atoms with Gasteiger partial charge in [-0.3, -0.25) is 4.79 Å². The zero-order valence-electron chi connectivity index (χ0n) is 6.68. The molecule has 0 aromatic rings. The lowest BCUT2D eigenvalue weighted by Crippen LogP contribution is -2.15. The molecule has 0 atom stereocenters. The number of ether oxygens (including phenoxy) is 1. The van der Waals surface area contributed by atoms with Crippen LogP contribution < -0.4 is 0 Å². The number of carbonyl (C=O) groups excluding carboxylic acids is 1.